The first kappa shape index (κ1) is 14.9. The van der Waals surface area contributed by atoms with Gasteiger partial charge in [0.2, 0.25) is 0 Å². The zero-order chi connectivity index (χ0) is 14.4. The van der Waals surface area contributed by atoms with Crippen LogP contribution in [0.4, 0.5) is 9.39 Å². The Kier molecular flexibility index (Phi) is 5.43. The van der Waals surface area contributed by atoms with Crippen LogP contribution in [-0.2, 0) is 13.1 Å². The second-order valence-electron chi connectivity index (χ2n) is 4.78. The third-order valence-corrected chi connectivity index (χ3v) is 3.58. The van der Waals surface area contributed by atoms with Gasteiger partial charge in [0.15, 0.2) is 0 Å². The number of hydrogen-bond donors (Lipinski definition) is 1. The number of halogens is 1. The largest absolute Gasteiger partial charge is 0.374 e. The molecule has 0 radical (unpaired) electrons. The maximum absolute atomic E-state index is 13.1. The number of benzene rings is 1. The quantitative estimate of drug-likeness (QED) is 0.852. The Labute approximate surface area is 122 Å². The summed E-state index contributed by atoms with van der Waals surface area (Å²) in [5.41, 5.74) is 1.90. The zero-order valence-electron chi connectivity index (χ0n) is 11.8. The molecule has 1 aromatic heterocycles. The Balaban J connectivity index is 1.94. The normalized spacial score (nSPS) is 11.0. The summed E-state index contributed by atoms with van der Waals surface area (Å²) in [6.07, 6.45) is 1.07. The Hall–Kier alpha value is -1.53. The van der Waals surface area contributed by atoms with Gasteiger partial charge < -0.3 is 5.32 Å². The molecule has 0 bridgehead atoms. The maximum Gasteiger partial charge on any atom is 0.134 e. The molecule has 0 atom stereocenters. The highest BCUT2D eigenvalue weighted by molar-refractivity contribution is 7.10. The molecule has 108 valence electrons. The molecule has 0 amide bonds. The molecular formula is C14H19FN4S. The van der Waals surface area contributed by atoms with E-state index in [-0.39, 0.29) is 5.82 Å². The molecule has 2 aromatic rings. The minimum absolute atomic E-state index is 0.198. The van der Waals surface area contributed by atoms with Gasteiger partial charge in [0.1, 0.15) is 16.5 Å². The second kappa shape index (κ2) is 7.31. The lowest BCUT2D eigenvalue weighted by Crippen LogP contribution is -2.18. The van der Waals surface area contributed by atoms with Crippen LogP contribution in [0.2, 0.25) is 0 Å². The van der Waals surface area contributed by atoms with Crippen LogP contribution < -0.4 is 5.32 Å². The van der Waals surface area contributed by atoms with Crippen LogP contribution in [0.5, 0.6) is 0 Å². The minimum Gasteiger partial charge on any atom is -0.374 e. The Morgan fingerprint density at radius 3 is 2.95 bits per heavy atom. The summed E-state index contributed by atoms with van der Waals surface area (Å²) in [6.45, 7) is 4.42. The first-order valence-corrected chi connectivity index (χ1v) is 7.44. The van der Waals surface area contributed by atoms with Crippen LogP contribution >= 0.6 is 11.5 Å². The SMILES string of the molecule is CCCNc1snnc1CN(C)Cc1cccc(F)c1. The predicted octanol–water partition coefficient (Wildman–Crippen LogP) is 3.13. The summed E-state index contributed by atoms with van der Waals surface area (Å²) in [5.74, 6) is -0.198. The van der Waals surface area contributed by atoms with Crippen molar-refractivity contribution < 1.29 is 4.39 Å². The van der Waals surface area contributed by atoms with E-state index in [9.17, 15) is 4.39 Å². The van der Waals surface area contributed by atoms with E-state index in [1.165, 1.54) is 17.6 Å². The molecule has 0 unspecified atom stereocenters. The van der Waals surface area contributed by atoms with Gasteiger partial charge in [0.05, 0.1) is 0 Å². The molecule has 0 fully saturated rings. The van der Waals surface area contributed by atoms with Crippen molar-refractivity contribution in [2.24, 2.45) is 0 Å². The standard InChI is InChI=1S/C14H19FN4S/c1-3-7-16-14-13(17-18-20-14)10-19(2)9-11-5-4-6-12(15)8-11/h4-6,8,16H,3,7,9-10H2,1-2H3. The highest BCUT2D eigenvalue weighted by Crippen LogP contribution is 2.19. The van der Waals surface area contributed by atoms with E-state index in [0.29, 0.717) is 13.1 Å². The molecule has 0 aliphatic carbocycles. The minimum atomic E-state index is -0.198. The van der Waals surface area contributed by atoms with Gasteiger partial charge in [-0.25, -0.2) is 4.39 Å². The number of nitrogens with one attached hydrogen (secondary N) is 1. The molecule has 4 nitrogen and oxygen atoms in total. The summed E-state index contributed by atoms with van der Waals surface area (Å²) < 4.78 is 17.1. The number of anilines is 1. The van der Waals surface area contributed by atoms with Gasteiger partial charge >= 0.3 is 0 Å². The van der Waals surface area contributed by atoms with Gasteiger partial charge in [-0.3, -0.25) is 4.90 Å². The fraction of sp³-hybridized carbons (Fsp3) is 0.429. The Bertz CT molecular complexity index is 543. The number of nitrogens with zero attached hydrogens (tertiary/aromatic N) is 3. The van der Waals surface area contributed by atoms with Crippen LogP contribution in [0.25, 0.3) is 0 Å². The van der Waals surface area contributed by atoms with E-state index in [4.69, 9.17) is 0 Å². The first-order chi connectivity index (χ1) is 9.69. The molecule has 1 N–H and O–H groups in total. The molecule has 1 aromatic carbocycles. The highest BCUT2D eigenvalue weighted by Gasteiger charge is 2.10. The molecule has 0 aliphatic rings. The molecular weight excluding hydrogens is 275 g/mol. The van der Waals surface area contributed by atoms with E-state index in [0.717, 1.165) is 29.2 Å². The van der Waals surface area contributed by atoms with Crippen molar-refractivity contribution in [1.29, 1.82) is 0 Å². The van der Waals surface area contributed by atoms with Crippen LogP contribution in [0.15, 0.2) is 24.3 Å². The van der Waals surface area contributed by atoms with Gasteiger partial charge in [0, 0.05) is 31.2 Å². The lowest BCUT2D eigenvalue weighted by Gasteiger charge is -2.16. The lowest BCUT2D eigenvalue weighted by atomic mass is 10.2. The Morgan fingerprint density at radius 2 is 2.20 bits per heavy atom. The lowest BCUT2D eigenvalue weighted by molar-refractivity contribution is 0.315. The van der Waals surface area contributed by atoms with Gasteiger partial charge in [0.25, 0.3) is 0 Å². The fourth-order valence-corrected chi connectivity index (χ4v) is 2.54. The molecule has 0 saturated heterocycles. The van der Waals surface area contributed by atoms with Gasteiger partial charge in [-0.1, -0.05) is 23.5 Å². The van der Waals surface area contributed by atoms with Crippen molar-refractivity contribution in [1.82, 2.24) is 14.5 Å². The first-order valence-electron chi connectivity index (χ1n) is 6.67. The van der Waals surface area contributed by atoms with Crippen LogP contribution in [-0.4, -0.2) is 28.1 Å². The summed E-state index contributed by atoms with van der Waals surface area (Å²) in [5, 5.41) is 8.51. The topological polar surface area (TPSA) is 41.1 Å². The summed E-state index contributed by atoms with van der Waals surface area (Å²) in [4.78, 5) is 2.10. The molecule has 20 heavy (non-hydrogen) atoms. The third kappa shape index (κ3) is 4.25. The molecule has 2 rings (SSSR count). The van der Waals surface area contributed by atoms with Crippen molar-refractivity contribution in [2.75, 3.05) is 18.9 Å². The monoisotopic (exact) mass is 294 g/mol. The molecule has 0 spiro atoms. The van der Waals surface area contributed by atoms with Crippen LogP contribution in [0, 0.1) is 5.82 Å². The molecule has 0 aliphatic heterocycles. The average molecular weight is 294 g/mol. The van der Waals surface area contributed by atoms with Crippen molar-refractivity contribution in [2.45, 2.75) is 26.4 Å². The summed E-state index contributed by atoms with van der Waals surface area (Å²) >= 11 is 1.38. The van der Waals surface area contributed by atoms with E-state index >= 15 is 0 Å². The zero-order valence-corrected chi connectivity index (χ0v) is 12.6. The third-order valence-electron chi connectivity index (χ3n) is 2.85. The average Bonchev–Trinajstić information content (AvgIpc) is 2.83. The Morgan fingerprint density at radius 1 is 1.35 bits per heavy atom. The fourth-order valence-electron chi connectivity index (χ4n) is 1.94. The number of aromatic nitrogens is 2. The predicted molar refractivity (Wildman–Crippen MR) is 80.3 cm³/mol. The summed E-state index contributed by atoms with van der Waals surface area (Å²) in [6, 6.07) is 6.68. The van der Waals surface area contributed by atoms with Crippen LogP contribution in [0.1, 0.15) is 24.6 Å². The van der Waals surface area contributed by atoms with E-state index in [1.54, 1.807) is 12.1 Å². The van der Waals surface area contributed by atoms with E-state index in [1.807, 2.05) is 13.1 Å². The molecule has 0 saturated carbocycles. The van der Waals surface area contributed by atoms with Gasteiger partial charge in [-0.05, 0) is 31.2 Å². The van der Waals surface area contributed by atoms with Crippen molar-refractivity contribution >= 4 is 16.5 Å². The van der Waals surface area contributed by atoms with E-state index < -0.39 is 0 Å². The molecule has 1 heterocycles. The van der Waals surface area contributed by atoms with Gasteiger partial charge in [-0.2, -0.15) is 0 Å². The van der Waals surface area contributed by atoms with Crippen LogP contribution in [0.3, 0.4) is 0 Å². The number of rotatable bonds is 7. The highest BCUT2D eigenvalue weighted by atomic mass is 32.1. The molecule has 6 heteroatoms. The van der Waals surface area contributed by atoms with Crippen molar-refractivity contribution in [3.05, 3.63) is 41.3 Å². The number of hydrogen-bond acceptors (Lipinski definition) is 5. The van der Waals surface area contributed by atoms with E-state index in [2.05, 4.69) is 26.7 Å². The summed E-state index contributed by atoms with van der Waals surface area (Å²) in [7, 11) is 1.99. The van der Waals surface area contributed by atoms with Crippen molar-refractivity contribution in [3.8, 4) is 0 Å². The van der Waals surface area contributed by atoms with Crippen molar-refractivity contribution in [3.63, 3.8) is 0 Å². The van der Waals surface area contributed by atoms with Gasteiger partial charge in [-0.15, -0.1) is 5.10 Å². The second-order valence-corrected chi connectivity index (χ2v) is 5.53. The smallest absolute Gasteiger partial charge is 0.134 e. The maximum atomic E-state index is 13.1.